The van der Waals surface area contributed by atoms with E-state index in [2.05, 4.69) is 120 Å². The summed E-state index contributed by atoms with van der Waals surface area (Å²) in [6.45, 7) is 11.4. The van der Waals surface area contributed by atoms with Crippen molar-refractivity contribution in [3.8, 4) is 0 Å². The van der Waals surface area contributed by atoms with Crippen LogP contribution >= 0.6 is 0 Å². The molecule has 52 heavy (non-hydrogen) atoms. The quantitative estimate of drug-likeness (QED) is 0.0756. The van der Waals surface area contributed by atoms with Crippen molar-refractivity contribution in [2.75, 3.05) is 11.5 Å². The van der Waals surface area contributed by atoms with Crippen molar-refractivity contribution < 1.29 is 0 Å². The molecule has 1 fully saturated rings. The van der Waals surface area contributed by atoms with E-state index < -0.39 is 0 Å². The summed E-state index contributed by atoms with van der Waals surface area (Å²) >= 11 is 0. The fraction of sp³-hybridized carbons (Fsp3) is 0.520. The molecule has 0 heterocycles. The van der Waals surface area contributed by atoms with Gasteiger partial charge in [-0.2, -0.15) is 0 Å². The van der Waals surface area contributed by atoms with Crippen LogP contribution < -0.4 is 11.5 Å². The summed E-state index contributed by atoms with van der Waals surface area (Å²) in [5.74, 6) is 1.45. The summed E-state index contributed by atoms with van der Waals surface area (Å²) in [5.41, 5.74) is 25.6. The van der Waals surface area contributed by atoms with E-state index in [9.17, 15) is 0 Å². The standard InChI is InChI=1S/C50H70N2/c1-6-9-13-20-48(46-32-30-44(51)35-37(46)4)39-22-26-42(27-23-39)50(34-17-11-8-3,41-18-15-12-16-19-41)43-28-24-40(25-29-43)49(21-14-10-7-2)47-33-31-45(52)36-38(47)5/h22-33,35-36,41,48-49H,6-21,34,51-52H2,1-5H3. The Morgan fingerprint density at radius 2 is 0.962 bits per heavy atom. The zero-order valence-corrected chi connectivity index (χ0v) is 33.5. The molecule has 2 heteroatoms. The van der Waals surface area contributed by atoms with E-state index in [1.54, 1.807) is 0 Å². The number of nitrogen functional groups attached to an aromatic ring is 2. The molecule has 0 amide bonds. The maximum absolute atomic E-state index is 6.22. The number of hydrogen-bond donors (Lipinski definition) is 2. The lowest BCUT2D eigenvalue weighted by molar-refractivity contribution is 0.221. The van der Waals surface area contributed by atoms with Crippen LogP contribution in [0.1, 0.15) is 186 Å². The third kappa shape index (κ3) is 9.52. The fourth-order valence-corrected chi connectivity index (χ4v) is 9.79. The Morgan fingerprint density at radius 3 is 1.37 bits per heavy atom. The van der Waals surface area contributed by atoms with Gasteiger partial charge in [0.05, 0.1) is 0 Å². The molecular weight excluding hydrogens is 629 g/mol. The second-order valence-electron chi connectivity index (χ2n) is 16.3. The van der Waals surface area contributed by atoms with E-state index in [0.717, 1.165) is 11.4 Å². The van der Waals surface area contributed by atoms with Gasteiger partial charge in [0, 0.05) is 28.6 Å². The van der Waals surface area contributed by atoms with Gasteiger partial charge in [-0.25, -0.2) is 0 Å². The maximum Gasteiger partial charge on any atom is 0.0316 e. The van der Waals surface area contributed by atoms with Crippen LogP contribution in [-0.4, -0.2) is 0 Å². The van der Waals surface area contributed by atoms with Gasteiger partial charge in [0.1, 0.15) is 0 Å². The highest BCUT2D eigenvalue weighted by molar-refractivity contribution is 5.51. The van der Waals surface area contributed by atoms with Crippen molar-refractivity contribution in [1.29, 1.82) is 0 Å². The summed E-state index contributed by atoms with van der Waals surface area (Å²) in [4.78, 5) is 0. The Bertz CT molecular complexity index is 1530. The smallest absolute Gasteiger partial charge is 0.0316 e. The van der Waals surface area contributed by atoms with Crippen LogP contribution in [0.3, 0.4) is 0 Å². The molecule has 0 aliphatic heterocycles. The third-order valence-electron chi connectivity index (χ3n) is 12.7. The molecule has 4 aromatic rings. The van der Waals surface area contributed by atoms with Crippen molar-refractivity contribution in [3.05, 3.63) is 129 Å². The maximum atomic E-state index is 6.22. The molecule has 5 rings (SSSR count). The summed E-state index contributed by atoms with van der Waals surface area (Å²) in [6.07, 6.45) is 21.6. The first kappa shape index (κ1) is 39.7. The summed E-state index contributed by atoms with van der Waals surface area (Å²) in [5, 5.41) is 0. The number of anilines is 2. The average Bonchev–Trinajstić information content (AvgIpc) is 3.15. The number of aryl methyl sites for hydroxylation is 2. The number of hydrogen-bond acceptors (Lipinski definition) is 2. The first-order valence-electron chi connectivity index (χ1n) is 21.2. The Hall–Kier alpha value is -3.52. The number of rotatable bonds is 19. The van der Waals surface area contributed by atoms with Crippen LogP contribution in [-0.2, 0) is 5.41 Å². The molecule has 2 atom stereocenters. The van der Waals surface area contributed by atoms with Crippen LogP contribution in [0.25, 0.3) is 0 Å². The summed E-state index contributed by atoms with van der Waals surface area (Å²) < 4.78 is 0. The number of nitrogens with two attached hydrogens (primary N) is 2. The molecule has 0 radical (unpaired) electrons. The molecule has 280 valence electrons. The predicted molar refractivity (Wildman–Crippen MR) is 228 cm³/mol. The van der Waals surface area contributed by atoms with Crippen LogP contribution in [0.4, 0.5) is 11.4 Å². The first-order chi connectivity index (χ1) is 25.3. The van der Waals surface area contributed by atoms with Gasteiger partial charge in [-0.3, -0.25) is 0 Å². The van der Waals surface area contributed by atoms with Crippen LogP contribution in [0, 0.1) is 19.8 Å². The van der Waals surface area contributed by atoms with E-state index >= 15 is 0 Å². The van der Waals surface area contributed by atoms with Crippen LogP contribution in [0.15, 0.2) is 84.9 Å². The van der Waals surface area contributed by atoms with Crippen molar-refractivity contribution in [1.82, 2.24) is 0 Å². The zero-order valence-electron chi connectivity index (χ0n) is 33.5. The molecule has 2 nitrogen and oxygen atoms in total. The molecule has 4 aromatic carbocycles. The number of benzene rings is 4. The summed E-state index contributed by atoms with van der Waals surface area (Å²) in [6, 6.07) is 33.3. The van der Waals surface area contributed by atoms with Gasteiger partial charge in [-0.05, 0) is 121 Å². The van der Waals surface area contributed by atoms with Gasteiger partial charge >= 0.3 is 0 Å². The van der Waals surface area contributed by atoms with Gasteiger partial charge in [0.15, 0.2) is 0 Å². The highest BCUT2D eigenvalue weighted by atomic mass is 14.5. The molecule has 0 aromatic heterocycles. The largest absolute Gasteiger partial charge is 0.399 e. The molecule has 1 aliphatic rings. The van der Waals surface area contributed by atoms with E-state index in [0.29, 0.717) is 17.8 Å². The van der Waals surface area contributed by atoms with Crippen molar-refractivity contribution >= 4 is 11.4 Å². The molecule has 0 saturated heterocycles. The Balaban J connectivity index is 1.58. The zero-order chi connectivity index (χ0) is 36.9. The monoisotopic (exact) mass is 699 g/mol. The van der Waals surface area contributed by atoms with Gasteiger partial charge in [-0.1, -0.05) is 158 Å². The fourth-order valence-electron chi connectivity index (χ4n) is 9.79. The molecule has 2 unspecified atom stereocenters. The van der Waals surface area contributed by atoms with Crippen LogP contribution in [0.2, 0.25) is 0 Å². The Kier molecular flexibility index (Phi) is 14.9. The lowest BCUT2D eigenvalue weighted by atomic mass is 9.59. The molecule has 1 saturated carbocycles. The molecule has 4 N–H and O–H groups in total. The topological polar surface area (TPSA) is 52.0 Å². The lowest BCUT2D eigenvalue weighted by Crippen LogP contribution is -2.38. The van der Waals surface area contributed by atoms with E-state index in [4.69, 9.17) is 11.5 Å². The average molecular weight is 699 g/mol. The van der Waals surface area contributed by atoms with Gasteiger partial charge in [0.25, 0.3) is 0 Å². The van der Waals surface area contributed by atoms with Crippen molar-refractivity contribution in [3.63, 3.8) is 0 Å². The SMILES string of the molecule is CCCCCC(c1ccc(C(CCCCC)(c2ccc(C(CCCCC)c3ccc(N)cc3C)cc2)C2CCCCC2)cc1)c1ccc(N)cc1C. The lowest BCUT2D eigenvalue weighted by Gasteiger charge is -2.45. The molecule has 0 spiro atoms. The van der Waals surface area contributed by atoms with Gasteiger partial charge < -0.3 is 11.5 Å². The highest BCUT2D eigenvalue weighted by Crippen LogP contribution is 2.50. The second-order valence-corrected chi connectivity index (χ2v) is 16.3. The van der Waals surface area contributed by atoms with E-state index in [1.165, 1.54) is 154 Å². The van der Waals surface area contributed by atoms with Gasteiger partial charge in [0.2, 0.25) is 0 Å². The minimum atomic E-state index is 0.0241. The van der Waals surface area contributed by atoms with E-state index in [-0.39, 0.29) is 5.41 Å². The normalized spacial score (nSPS) is 16.0. The van der Waals surface area contributed by atoms with Crippen LogP contribution in [0.5, 0.6) is 0 Å². The minimum Gasteiger partial charge on any atom is -0.399 e. The van der Waals surface area contributed by atoms with Gasteiger partial charge in [-0.15, -0.1) is 0 Å². The molecule has 0 bridgehead atoms. The van der Waals surface area contributed by atoms with Crippen molar-refractivity contribution in [2.24, 2.45) is 5.92 Å². The Labute approximate surface area is 318 Å². The van der Waals surface area contributed by atoms with Crippen molar-refractivity contribution in [2.45, 2.75) is 161 Å². The molecule has 1 aliphatic carbocycles. The first-order valence-corrected chi connectivity index (χ1v) is 21.2. The number of unbranched alkanes of at least 4 members (excludes halogenated alkanes) is 6. The minimum absolute atomic E-state index is 0.0241. The highest BCUT2D eigenvalue weighted by Gasteiger charge is 2.42. The molecular formula is C50H70N2. The van der Waals surface area contributed by atoms with E-state index in [1.807, 2.05) is 0 Å². The Morgan fingerprint density at radius 1 is 0.538 bits per heavy atom. The second kappa shape index (κ2) is 19.5. The predicted octanol–water partition coefficient (Wildman–Crippen LogP) is 14.3. The summed E-state index contributed by atoms with van der Waals surface area (Å²) in [7, 11) is 0. The third-order valence-corrected chi connectivity index (χ3v) is 12.7.